The molecule has 3 nitrogen and oxygen atoms in total. The fraction of sp³-hybridized carbons (Fsp3) is 0.455. The molecular formula is C22H27Cl2N3. The van der Waals surface area contributed by atoms with Crippen LogP contribution in [-0.2, 0) is 13.0 Å². The summed E-state index contributed by atoms with van der Waals surface area (Å²) >= 11 is 12.4. The molecule has 5 heteroatoms. The molecule has 1 fully saturated rings. The number of fused-ring (bicyclic) bond motifs is 1. The fourth-order valence-electron chi connectivity index (χ4n) is 4.54. The summed E-state index contributed by atoms with van der Waals surface area (Å²) in [6.45, 7) is 4.19. The highest BCUT2D eigenvalue weighted by molar-refractivity contribution is 6.30. The quantitative estimate of drug-likeness (QED) is 0.806. The number of piperidine rings is 1. The van der Waals surface area contributed by atoms with Crippen molar-refractivity contribution in [3.05, 3.63) is 63.6 Å². The molecule has 1 unspecified atom stereocenters. The molecule has 144 valence electrons. The van der Waals surface area contributed by atoms with Gasteiger partial charge in [-0.05, 0) is 73.8 Å². The van der Waals surface area contributed by atoms with Crippen molar-refractivity contribution in [2.24, 2.45) is 0 Å². The first-order valence-corrected chi connectivity index (χ1v) is 10.6. The lowest BCUT2D eigenvalue weighted by atomic mass is 9.98. The van der Waals surface area contributed by atoms with Crippen LogP contribution < -0.4 is 10.2 Å². The van der Waals surface area contributed by atoms with Crippen molar-refractivity contribution in [1.29, 1.82) is 0 Å². The molecule has 0 bridgehead atoms. The molecule has 27 heavy (non-hydrogen) atoms. The van der Waals surface area contributed by atoms with E-state index in [-0.39, 0.29) is 0 Å². The Labute approximate surface area is 172 Å². The van der Waals surface area contributed by atoms with Crippen molar-refractivity contribution in [3.63, 3.8) is 0 Å². The molecule has 4 rings (SSSR count). The number of halogens is 2. The maximum Gasteiger partial charge on any atom is 0.0410 e. The van der Waals surface area contributed by atoms with Crippen molar-refractivity contribution in [2.45, 2.75) is 37.9 Å². The summed E-state index contributed by atoms with van der Waals surface area (Å²) in [6.07, 6.45) is 3.45. The second-order valence-electron chi connectivity index (χ2n) is 7.79. The fourth-order valence-corrected chi connectivity index (χ4v) is 4.86. The highest BCUT2D eigenvalue weighted by Gasteiger charge is 2.32. The Morgan fingerprint density at radius 3 is 2.44 bits per heavy atom. The number of hydrogen-bond acceptors (Lipinski definition) is 3. The Balaban J connectivity index is 1.65. The average Bonchev–Trinajstić information content (AvgIpc) is 2.80. The van der Waals surface area contributed by atoms with E-state index < -0.39 is 0 Å². The minimum atomic E-state index is 0.463. The van der Waals surface area contributed by atoms with Crippen LogP contribution >= 0.6 is 23.2 Å². The van der Waals surface area contributed by atoms with Crippen molar-refractivity contribution in [3.8, 4) is 0 Å². The van der Waals surface area contributed by atoms with Crippen LogP contribution in [0.15, 0.2) is 42.5 Å². The van der Waals surface area contributed by atoms with E-state index in [1.54, 1.807) is 0 Å². The molecule has 0 radical (unpaired) electrons. The largest absolute Gasteiger partial charge is 0.373 e. The van der Waals surface area contributed by atoms with E-state index in [1.807, 2.05) is 18.2 Å². The average molecular weight is 404 g/mol. The third-order valence-corrected chi connectivity index (χ3v) is 6.41. The van der Waals surface area contributed by atoms with Gasteiger partial charge in [0, 0.05) is 48.0 Å². The van der Waals surface area contributed by atoms with E-state index >= 15 is 0 Å². The number of nitrogens with zero attached hydrogens (tertiary/aromatic N) is 2. The summed E-state index contributed by atoms with van der Waals surface area (Å²) in [4.78, 5) is 5.13. The van der Waals surface area contributed by atoms with Crippen molar-refractivity contribution in [1.82, 2.24) is 10.2 Å². The molecule has 1 atom stereocenters. The standard InChI is InChI=1S/C22H27Cl2N3/c1-26-15-21(12-16-2-4-18(23)5-3-16)27(20-8-10-25-11-9-20)14-17-13-19(24)6-7-22(17)26/h2-7,13,20-21,25H,8-12,14-15H2,1H3. The van der Waals surface area contributed by atoms with Crippen LogP contribution in [0.3, 0.4) is 0 Å². The van der Waals surface area contributed by atoms with E-state index in [4.69, 9.17) is 23.2 Å². The second-order valence-corrected chi connectivity index (χ2v) is 8.66. The van der Waals surface area contributed by atoms with E-state index in [0.717, 1.165) is 42.6 Å². The SMILES string of the molecule is CN1CC(Cc2ccc(Cl)cc2)N(C2CCNCC2)Cc2cc(Cl)ccc21. The third-order valence-electron chi connectivity index (χ3n) is 5.92. The summed E-state index contributed by atoms with van der Waals surface area (Å²) in [7, 11) is 2.20. The van der Waals surface area contributed by atoms with E-state index in [9.17, 15) is 0 Å². The number of hydrogen-bond donors (Lipinski definition) is 1. The summed E-state index contributed by atoms with van der Waals surface area (Å²) in [5, 5.41) is 5.13. The molecule has 2 aliphatic rings. The minimum absolute atomic E-state index is 0.463. The van der Waals surface area contributed by atoms with Gasteiger partial charge < -0.3 is 10.2 Å². The van der Waals surface area contributed by atoms with Crippen molar-refractivity contribution >= 4 is 28.9 Å². The molecule has 0 spiro atoms. The zero-order valence-electron chi connectivity index (χ0n) is 15.8. The molecule has 0 amide bonds. The van der Waals surface area contributed by atoms with Gasteiger partial charge in [-0.3, -0.25) is 4.90 Å². The van der Waals surface area contributed by atoms with Crippen LogP contribution in [-0.4, -0.2) is 43.7 Å². The Bertz CT molecular complexity index is 772. The molecule has 0 saturated carbocycles. The molecule has 2 aliphatic heterocycles. The Morgan fingerprint density at radius 1 is 1.00 bits per heavy atom. The van der Waals surface area contributed by atoms with Gasteiger partial charge in [-0.1, -0.05) is 35.3 Å². The van der Waals surface area contributed by atoms with Gasteiger partial charge in [0.1, 0.15) is 0 Å². The van der Waals surface area contributed by atoms with Gasteiger partial charge >= 0.3 is 0 Å². The monoisotopic (exact) mass is 403 g/mol. The summed E-state index contributed by atoms with van der Waals surface area (Å²) in [5.74, 6) is 0. The molecule has 1 saturated heterocycles. The van der Waals surface area contributed by atoms with E-state index in [1.165, 1.54) is 29.7 Å². The Kier molecular flexibility index (Phi) is 5.93. The number of anilines is 1. The minimum Gasteiger partial charge on any atom is -0.373 e. The van der Waals surface area contributed by atoms with Gasteiger partial charge in [-0.15, -0.1) is 0 Å². The maximum atomic E-state index is 6.33. The van der Waals surface area contributed by atoms with E-state index in [0.29, 0.717) is 12.1 Å². The van der Waals surface area contributed by atoms with Crippen LogP contribution in [0.2, 0.25) is 10.0 Å². The Morgan fingerprint density at radius 2 is 1.70 bits per heavy atom. The molecule has 2 aromatic carbocycles. The zero-order valence-corrected chi connectivity index (χ0v) is 17.3. The summed E-state index contributed by atoms with van der Waals surface area (Å²) < 4.78 is 0. The zero-order chi connectivity index (χ0) is 18.8. The number of likely N-dealkylation sites (N-methyl/N-ethyl adjacent to an activating group) is 1. The van der Waals surface area contributed by atoms with Crippen LogP contribution in [0, 0.1) is 0 Å². The molecular weight excluding hydrogens is 377 g/mol. The first-order valence-electron chi connectivity index (χ1n) is 9.80. The van der Waals surface area contributed by atoms with Crippen molar-refractivity contribution < 1.29 is 0 Å². The van der Waals surface area contributed by atoms with Gasteiger partial charge in [0.2, 0.25) is 0 Å². The van der Waals surface area contributed by atoms with Gasteiger partial charge in [-0.25, -0.2) is 0 Å². The van der Waals surface area contributed by atoms with Crippen molar-refractivity contribution in [2.75, 3.05) is 31.6 Å². The summed E-state index contributed by atoms with van der Waals surface area (Å²) in [6, 6.07) is 15.7. The molecule has 2 heterocycles. The van der Waals surface area contributed by atoms with Gasteiger partial charge in [0.25, 0.3) is 0 Å². The Hall–Kier alpha value is -1.26. The van der Waals surface area contributed by atoms with Crippen LogP contribution in [0.25, 0.3) is 0 Å². The predicted octanol–water partition coefficient (Wildman–Crippen LogP) is 4.61. The lowest BCUT2D eigenvalue weighted by Crippen LogP contribution is -2.50. The maximum absolute atomic E-state index is 6.33. The number of rotatable bonds is 3. The molecule has 0 aliphatic carbocycles. The van der Waals surface area contributed by atoms with Gasteiger partial charge in [0.05, 0.1) is 0 Å². The molecule has 2 aromatic rings. The van der Waals surface area contributed by atoms with Gasteiger partial charge in [0.15, 0.2) is 0 Å². The number of nitrogens with one attached hydrogen (secondary N) is 1. The van der Waals surface area contributed by atoms with Crippen LogP contribution in [0.4, 0.5) is 5.69 Å². The first-order chi connectivity index (χ1) is 13.1. The smallest absolute Gasteiger partial charge is 0.0410 e. The second kappa shape index (κ2) is 8.40. The van der Waals surface area contributed by atoms with Crippen LogP contribution in [0.1, 0.15) is 24.0 Å². The van der Waals surface area contributed by atoms with E-state index in [2.05, 4.69) is 46.4 Å². The van der Waals surface area contributed by atoms with Crippen LogP contribution in [0.5, 0.6) is 0 Å². The topological polar surface area (TPSA) is 18.5 Å². The highest BCUT2D eigenvalue weighted by atomic mass is 35.5. The third kappa shape index (κ3) is 4.43. The highest BCUT2D eigenvalue weighted by Crippen LogP contribution is 2.32. The lowest BCUT2D eigenvalue weighted by molar-refractivity contribution is 0.106. The molecule has 0 aromatic heterocycles. The molecule has 1 N–H and O–H groups in total. The first kappa shape index (κ1) is 19.1. The number of benzene rings is 2. The summed E-state index contributed by atoms with van der Waals surface area (Å²) in [5.41, 5.74) is 3.99. The normalized spacial score (nSPS) is 21.7. The van der Waals surface area contributed by atoms with Gasteiger partial charge in [-0.2, -0.15) is 0 Å². The predicted molar refractivity (Wildman–Crippen MR) is 115 cm³/mol. The lowest BCUT2D eigenvalue weighted by Gasteiger charge is -2.39.